The van der Waals surface area contributed by atoms with E-state index in [1.807, 2.05) is 0 Å². The Morgan fingerprint density at radius 3 is 2.60 bits per heavy atom. The molecule has 1 saturated carbocycles. The van der Waals surface area contributed by atoms with E-state index in [4.69, 9.17) is 0 Å². The number of carbonyl (C=O) groups excluding carboxylic acids is 1. The molecule has 3 nitrogen and oxygen atoms in total. The molecule has 1 amide bonds. The van der Waals surface area contributed by atoms with Crippen LogP contribution in [0.5, 0.6) is 0 Å². The van der Waals surface area contributed by atoms with Crippen LogP contribution in [0.2, 0.25) is 0 Å². The number of nitrogens with one attached hydrogen (secondary N) is 1. The van der Waals surface area contributed by atoms with E-state index in [0.717, 1.165) is 26.1 Å². The van der Waals surface area contributed by atoms with Crippen LogP contribution in [-0.2, 0) is 11.3 Å². The molecule has 1 aliphatic carbocycles. The molecule has 1 saturated heterocycles. The molecule has 2 fully saturated rings. The summed E-state index contributed by atoms with van der Waals surface area (Å²) < 4.78 is 0. The first-order chi connectivity index (χ1) is 11.8. The molecule has 2 aromatic carbocycles. The fourth-order valence-corrected chi connectivity index (χ4v) is 3.77. The Bertz CT molecular complexity index is 723. The zero-order valence-electron chi connectivity index (χ0n) is 14.6. The summed E-state index contributed by atoms with van der Waals surface area (Å²) in [6, 6.07) is 15.5. The van der Waals surface area contributed by atoms with Crippen LogP contribution in [0.4, 0.5) is 0 Å². The second-order valence-corrected chi connectivity index (χ2v) is 7.33. The van der Waals surface area contributed by atoms with E-state index in [0.29, 0.717) is 24.3 Å². The Kier molecular flexibility index (Phi) is 5.98. The zero-order chi connectivity index (χ0) is 16.4. The Morgan fingerprint density at radius 2 is 1.88 bits per heavy atom. The number of fused-ring (bicyclic) bond motifs is 1. The SMILES string of the molecule is Cl.O=C(CCC1CCNC1)N(Cc1ccc2ccccc2c1)C1CC1. The van der Waals surface area contributed by atoms with E-state index in [1.165, 1.54) is 35.6 Å². The molecular formula is C21H27ClN2O. The van der Waals surface area contributed by atoms with Crippen LogP contribution in [0.25, 0.3) is 10.8 Å². The fourth-order valence-electron chi connectivity index (χ4n) is 3.77. The number of hydrogen-bond donors (Lipinski definition) is 1. The molecule has 4 heteroatoms. The summed E-state index contributed by atoms with van der Waals surface area (Å²) in [6.07, 6.45) is 5.30. The lowest BCUT2D eigenvalue weighted by Gasteiger charge is -2.23. The minimum absolute atomic E-state index is 0. The van der Waals surface area contributed by atoms with Crippen molar-refractivity contribution in [1.29, 1.82) is 0 Å². The second kappa shape index (κ2) is 8.20. The first kappa shape index (κ1) is 18.2. The largest absolute Gasteiger partial charge is 0.335 e. The molecule has 1 atom stereocenters. The molecule has 134 valence electrons. The molecule has 1 aliphatic heterocycles. The van der Waals surface area contributed by atoms with Crippen LogP contribution in [0.3, 0.4) is 0 Å². The van der Waals surface area contributed by atoms with Crippen LogP contribution >= 0.6 is 12.4 Å². The monoisotopic (exact) mass is 358 g/mol. The second-order valence-electron chi connectivity index (χ2n) is 7.33. The predicted molar refractivity (Wildman–Crippen MR) is 105 cm³/mol. The van der Waals surface area contributed by atoms with Gasteiger partial charge in [-0.3, -0.25) is 4.79 Å². The Morgan fingerprint density at radius 1 is 1.08 bits per heavy atom. The standard InChI is InChI=1S/C21H26N2O.ClH/c24-21(10-6-16-11-12-22-14-16)23(20-8-9-20)15-17-5-7-18-3-1-2-4-19(18)13-17;/h1-5,7,13,16,20,22H,6,8-12,14-15H2;1H. The van der Waals surface area contributed by atoms with Crippen molar-refractivity contribution in [2.24, 2.45) is 5.92 Å². The minimum atomic E-state index is 0. The van der Waals surface area contributed by atoms with Gasteiger partial charge in [-0.05, 0) is 67.1 Å². The maximum absolute atomic E-state index is 12.8. The minimum Gasteiger partial charge on any atom is -0.335 e. The van der Waals surface area contributed by atoms with E-state index in [1.54, 1.807) is 0 Å². The number of carbonyl (C=O) groups is 1. The summed E-state index contributed by atoms with van der Waals surface area (Å²) in [7, 11) is 0. The summed E-state index contributed by atoms with van der Waals surface area (Å²) in [6.45, 7) is 2.96. The Labute approximate surface area is 156 Å². The summed E-state index contributed by atoms with van der Waals surface area (Å²) in [5.41, 5.74) is 1.25. The lowest BCUT2D eigenvalue weighted by atomic mass is 10.0. The van der Waals surface area contributed by atoms with Gasteiger partial charge in [-0.15, -0.1) is 12.4 Å². The van der Waals surface area contributed by atoms with Gasteiger partial charge in [0.15, 0.2) is 0 Å². The van der Waals surface area contributed by atoms with Crippen molar-refractivity contribution in [2.45, 2.75) is 44.7 Å². The molecule has 2 aromatic rings. The molecule has 1 N–H and O–H groups in total. The van der Waals surface area contributed by atoms with E-state index >= 15 is 0 Å². The molecule has 0 aromatic heterocycles. The van der Waals surface area contributed by atoms with Gasteiger partial charge in [0.2, 0.25) is 5.91 Å². The summed E-state index contributed by atoms with van der Waals surface area (Å²) in [4.78, 5) is 14.9. The molecule has 1 heterocycles. The van der Waals surface area contributed by atoms with Crippen LogP contribution in [0.15, 0.2) is 42.5 Å². The van der Waals surface area contributed by atoms with Crippen molar-refractivity contribution in [3.05, 3.63) is 48.0 Å². The van der Waals surface area contributed by atoms with Crippen molar-refractivity contribution in [1.82, 2.24) is 10.2 Å². The highest BCUT2D eigenvalue weighted by Crippen LogP contribution is 2.30. The molecule has 25 heavy (non-hydrogen) atoms. The molecule has 1 unspecified atom stereocenters. The number of benzene rings is 2. The van der Waals surface area contributed by atoms with Gasteiger partial charge in [0.1, 0.15) is 0 Å². The molecule has 2 aliphatic rings. The van der Waals surface area contributed by atoms with Crippen molar-refractivity contribution >= 4 is 29.1 Å². The van der Waals surface area contributed by atoms with Gasteiger partial charge >= 0.3 is 0 Å². The van der Waals surface area contributed by atoms with Crippen molar-refractivity contribution in [3.8, 4) is 0 Å². The quantitative estimate of drug-likeness (QED) is 0.841. The van der Waals surface area contributed by atoms with Gasteiger partial charge in [-0.25, -0.2) is 0 Å². The molecule has 0 spiro atoms. The molecular weight excluding hydrogens is 332 g/mol. The van der Waals surface area contributed by atoms with Gasteiger partial charge in [-0.1, -0.05) is 36.4 Å². The van der Waals surface area contributed by atoms with Gasteiger partial charge in [0, 0.05) is 19.0 Å². The van der Waals surface area contributed by atoms with E-state index in [9.17, 15) is 4.79 Å². The lowest BCUT2D eigenvalue weighted by molar-refractivity contribution is -0.132. The Balaban J connectivity index is 0.00000182. The third kappa shape index (κ3) is 4.53. The fraction of sp³-hybridized carbons (Fsp3) is 0.476. The van der Waals surface area contributed by atoms with Crippen molar-refractivity contribution in [2.75, 3.05) is 13.1 Å². The molecule has 0 radical (unpaired) electrons. The van der Waals surface area contributed by atoms with Crippen LogP contribution in [-0.4, -0.2) is 29.9 Å². The summed E-state index contributed by atoms with van der Waals surface area (Å²) in [5.74, 6) is 1.04. The maximum Gasteiger partial charge on any atom is 0.223 e. The average Bonchev–Trinajstić information content (AvgIpc) is 3.32. The number of amides is 1. The third-order valence-corrected chi connectivity index (χ3v) is 5.40. The highest BCUT2D eigenvalue weighted by molar-refractivity contribution is 5.85. The van der Waals surface area contributed by atoms with E-state index in [2.05, 4.69) is 52.7 Å². The van der Waals surface area contributed by atoms with Gasteiger partial charge < -0.3 is 10.2 Å². The van der Waals surface area contributed by atoms with E-state index in [-0.39, 0.29) is 12.4 Å². The average molecular weight is 359 g/mol. The number of halogens is 1. The van der Waals surface area contributed by atoms with E-state index < -0.39 is 0 Å². The maximum atomic E-state index is 12.8. The summed E-state index contributed by atoms with van der Waals surface area (Å²) >= 11 is 0. The smallest absolute Gasteiger partial charge is 0.223 e. The van der Waals surface area contributed by atoms with Gasteiger partial charge in [0.25, 0.3) is 0 Å². The highest BCUT2D eigenvalue weighted by atomic mass is 35.5. The van der Waals surface area contributed by atoms with Crippen molar-refractivity contribution < 1.29 is 4.79 Å². The first-order valence-corrected chi connectivity index (χ1v) is 9.27. The predicted octanol–water partition coefficient (Wildman–Crippen LogP) is 4.14. The van der Waals surface area contributed by atoms with Crippen LogP contribution in [0.1, 0.15) is 37.7 Å². The Hall–Kier alpha value is -1.58. The number of rotatable bonds is 6. The van der Waals surface area contributed by atoms with Crippen LogP contribution < -0.4 is 5.32 Å². The molecule has 0 bridgehead atoms. The third-order valence-electron chi connectivity index (χ3n) is 5.40. The molecule has 4 rings (SSSR count). The lowest BCUT2D eigenvalue weighted by Crippen LogP contribution is -2.32. The normalized spacial score (nSPS) is 19.6. The highest BCUT2D eigenvalue weighted by Gasteiger charge is 2.32. The van der Waals surface area contributed by atoms with Crippen LogP contribution in [0, 0.1) is 5.92 Å². The number of nitrogens with zero attached hydrogens (tertiary/aromatic N) is 1. The van der Waals surface area contributed by atoms with Gasteiger partial charge in [0.05, 0.1) is 0 Å². The zero-order valence-corrected chi connectivity index (χ0v) is 15.4. The van der Waals surface area contributed by atoms with Crippen molar-refractivity contribution in [3.63, 3.8) is 0 Å². The number of hydrogen-bond acceptors (Lipinski definition) is 2. The van der Waals surface area contributed by atoms with Gasteiger partial charge in [-0.2, -0.15) is 0 Å². The first-order valence-electron chi connectivity index (χ1n) is 9.27. The topological polar surface area (TPSA) is 32.3 Å². The summed E-state index contributed by atoms with van der Waals surface area (Å²) in [5, 5.41) is 5.92.